The van der Waals surface area contributed by atoms with Crippen LogP contribution in [-0.2, 0) is 13.6 Å². The topological polar surface area (TPSA) is 72.7 Å². The maximum absolute atomic E-state index is 11.7. The smallest absolute Gasteiger partial charge is 0.325 e. The number of fused-ring (bicyclic) bond motifs is 1. The first kappa shape index (κ1) is 11.6. The van der Waals surface area contributed by atoms with E-state index >= 15 is 0 Å². The van der Waals surface area contributed by atoms with E-state index in [1.165, 1.54) is 4.57 Å². The monoisotopic (exact) mass is 236 g/mol. The fraction of sp³-hybridized carbons (Fsp3) is 0.545. The predicted octanol–water partition coefficient (Wildman–Crippen LogP) is 0.469. The molecule has 0 aliphatic carbocycles. The molecule has 2 rings (SSSR count). The Morgan fingerprint density at radius 3 is 2.76 bits per heavy atom. The minimum absolute atomic E-state index is 0.371. The third kappa shape index (κ3) is 2.02. The summed E-state index contributed by atoms with van der Waals surface area (Å²) in [6.45, 7) is 4.98. The van der Waals surface area contributed by atoms with Crippen LogP contribution in [0.5, 0.6) is 0 Å². The molecule has 0 unspecified atom stereocenters. The highest BCUT2D eigenvalue weighted by atomic mass is 16.2. The molecule has 6 nitrogen and oxygen atoms in total. The SMILES string of the molecule is CC(C)CCn1cnc2c1c(=O)[nH]c(=O)n2C. The van der Waals surface area contributed by atoms with Crippen molar-refractivity contribution in [2.75, 3.05) is 0 Å². The second-order valence-electron chi connectivity index (χ2n) is 4.61. The Morgan fingerprint density at radius 1 is 1.41 bits per heavy atom. The van der Waals surface area contributed by atoms with Gasteiger partial charge in [0.2, 0.25) is 0 Å². The van der Waals surface area contributed by atoms with Gasteiger partial charge in [0.1, 0.15) is 0 Å². The van der Waals surface area contributed by atoms with Gasteiger partial charge in [-0.2, -0.15) is 0 Å². The number of aromatic nitrogens is 4. The van der Waals surface area contributed by atoms with Crippen molar-refractivity contribution in [3.8, 4) is 0 Å². The van der Waals surface area contributed by atoms with Crippen LogP contribution in [-0.4, -0.2) is 19.1 Å². The first-order valence-electron chi connectivity index (χ1n) is 5.65. The largest absolute Gasteiger partial charge is 0.329 e. The minimum atomic E-state index is -0.434. The van der Waals surface area contributed by atoms with Gasteiger partial charge < -0.3 is 4.57 Å². The van der Waals surface area contributed by atoms with Crippen molar-refractivity contribution in [1.29, 1.82) is 0 Å². The van der Waals surface area contributed by atoms with Crippen LogP contribution < -0.4 is 11.2 Å². The zero-order chi connectivity index (χ0) is 12.6. The highest BCUT2D eigenvalue weighted by Gasteiger charge is 2.11. The quantitative estimate of drug-likeness (QED) is 0.842. The van der Waals surface area contributed by atoms with Crippen molar-refractivity contribution in [2.45, 2.75) is 26.8 Å². The number of hydrogen-bond acceptors (Lipinski definition) is 3. The Labute approximate surface area is 97.9 Å². The van der Waals surface area contributed by atoms with Gasteiger partial charge in [0.25, 0.3) is 5.56 Å². The Hall–Kier alpha value is -1.85. The molecule has 0 fully saturated rings. The molecule has 92 valence electrons. The lowest BCUT2D eigenvalue weighted by Crippen LogP contribution is -2.29. The molecular weight excluding hydrogens is 220 g/mol. The molecule has 17 heavy (non-hydrogen) atoms. The molecule has 0 radical (unpaired) electrons. The fourth-order valence-electron chi connectivity index (χ4n) is 1.75. The molecule has 0 aliphatic rings. The zero-order valence-electron chi connectivity index (χ0n) is 10.2. The second kappa shape index (κ2) is 4.20. The molecule has 2 aromatic heterocycles. The number of aromatic amines is 1. The van der Waals surface area contributed by atoms with E-state index in [0.29, 0.717) is 17.1 Å². The molecule has 2 aromatic rings. The summed E-state index contributed by atoms with van der Waals surface area (Å²) in [6.07, 6.45) is 2.58. The number of aryl methyl sites for hydroxylation is 2. The molecule has 1 N–H and O–H groups in total. The molecule has 0 spiro atoms. The van der Waals surface area contributed by atoms with Crippen molar-refractivity contribution in [1.82, 2.24) is 19.1 Å². The molecule has 0 amide bonds. The molecule has 0 bridgehead atoms. The predicted molar refractivity (Wildman–Crippen MR) is 65.0 cm³/mol. The Kier molecular flexibility index (Phi) is 2.87. The van der Waals surface area contributed by atoms with E-state index in [4.69, 9.17) is 0 Å². The van der Waals surface area contributed by atoms with Crippen molar-refractivity contribution in [3.63, 3.8) is 0 Å². The van der Waals surface area contributed by atoms with Crippen LogP contribution in [0.1, 0.15) is 20.3 Å². The van der Waals surface area contributed by atoms with Crippen LogP contribution >= 0.6 is 0 Å². The third-order valence-corrected chi connectivity index (χ3v) is 2.82. The minimum Gasteiger partial charge on any atom is -0.325 e. The molecule has 0 saturated carbocycles. The Bertz CT molecular complexity index is 648. The second-order valence-corrected chi connectivity index (χ2v) is 4.61. The van der Waals surface area contributed by atoms with Crippen LogP contribution in [0.3, 0.4) is 0 Å². The lowest BCUT2D eigenvalue weighted by molar-refractivity contribution is 0.522. The van der Waals surface area contributed by atoms with Gasteiger partial charge in [-0.05, 0) is 12.3 Å². The summed E-state index contributed by atoms with van der Waals surface area (Å²) in [5.41, 5.74) is 0.0937. The summed E-state index contributed by atoms with van der Waals surface area (Å²) in [7, 11) is 1.60. The lowest BCUT2D eigenvalue weighted by Gasteiger charge is -2.06. The van der Waals surface area contributed by atoms with E-state index < -0.39 is 5.69 Å². The summed E-state index contributed by atoms with van der Waals surface area (Å²) < 4.78 is 3.15. The molecule has 2 heterocycles. The van der Waals surface area contributed by atoms with Gasteiger partial charge in [-0.1, -0.05) is 13.8 Å². The number of nitrogens with one attached hydrogen (secondary N) is 1. The first-order valence-corrected chi connectivity index (χ1v) is 5.65. The summed E-state index contributed by atoms with van der Waals surface area (Å²) in [5, 5.41) is 0. The molecular formula is C11H16N4O2. The highest BCUT2D eigenvalue weighted by molar-refractivity contribution is 5.69. The maximum atomic E-state index is 11.7. The van der Waals surface area contributed by atoms with Crippen LogP contribution in [0.25, 0.3) is 11.2 Å². The summed E-state index contributed by atoms with van der Waals surface area (Å²) >= 11 is 0. The van der Waals surface area contributed by atoms with E-state index in [9.17, 15) is 9.59 Å². The number of H-pyrrole nitrogens is 1. The van der Waals surface area contributed by atoms with Crippen LogP contribution in [0, 0.1) is 5.92 Å². The molecule has 6 heteroatoms. The van der Waals surface area contributed by atoms with Crippen LogP contribution in [0.15, 0.2) is 15.9 Å². The van der Waals surface area contributed by atoms with Gasteiger partial charge in [0.05, 0.1) is 6.33 Å². The van der Waals surface area contributed by atoms with Crippen molar-refractivity contribution >= 4 is 11.2 Å². The van der Waals surface area contributed by atoms with Gasteiger partial charge in [-0.15, -0.1) is 0 Å². The zero-order valence-corrected chi connectivity index (χ0v) is 10.2. The van der Waals surface area contributed by atoms with E-state index in [1.807, 2.05) is 0 Å². The standard InChI is InChI=1S/C11H16N4O2/c1-7(2)4-5-15-6-12-9-8(15)10(16)13-11(17)14(9)3/h6-7H,4-5H2,1-3H3,(H,13,16,17). The summed E-state index contributed by atoms with van der Waals surface area (Å²) in [5.74, 6) is 0.555. The lowest BCUT2D eigenvalue weighted by atomic mass is 10.1. The van der Waals surface area contributed by atoms with E-state index in [-0.39, 0.29) is 5.56 Å². The van der Waals surface area contributed by atoms with E-state index in [1.54, 1.807) is 17.9 Å². The first-order chi connectivity index (χ1) is 8.00. The molecule has 0 saturated heterocycles. The van der Waals surface area contributed by atoms with Crippen molar-refractivity contribution in [3.05, 3.63) is 27.2 Å². The van der Waals surface area contributed by atoms with Crippen molar-refractivity contribution in [2.24, 2.45) is 13.0 Å². The van der Waals surface area contributed by atoms with Crippen LogP contribution in [0.4, 0.5) is 0 Å². The molecule has 0 aliphatic heterocycles. The third-order valence-electron chi connectivity index (χ3n) is 2.82. The van der Waals surface area contributed by atoms with E-state index in [0.717, 1.165) is 13.0 Å². The summed E-state index contributed by atoms with van der Waals surface area (Å²) in [6, 6.07) is 0. The fourth-order valence-corrected chi connectivity index (χ4v) is 1.75. The van der Waals surface area contributed by atoms with E-state index in [2.05, 4.69) is 23.8 Å². The Morgan fingerprint density at radius 2 is 2.12 bits per heavy atom. The van der Waals surface area contributed by atoms with Gasteiger partial charge in [0.15, 0.2) is 11.2 Å². The van der Waals surface area contributed by atoms with Gasteiger partial charge in [-0.25, -0.2) is 9.78 Å². The van der Waals surface area contributed by atoms with Crippen molar-refractivity contribution < 1.29 is 0 Å². The normalized spacial score (nSPS) is 11.5. The highest BCUT2D eigenvalue weighted by Crippen LogP contribution is 2.08. The maximum Gasteiger partial charge on any atom is 0.329 e. The number of hydrogen-bond donors (Lipinski definition) is 1. The number of rotatable bonds is 3. The van der Waals surface area contributed by atoms with Gasteiger partial charge in [0, 0.05) is 13.6 Å². The summed E-state index contributed by atoms with van der Waals surface area (Å²) in [4.78, 5) is 29.5. The average Bonchev–Trinajstić information content (AvgIpc) is 2.67. The molecule has 0 aromatic carbocycles. The average molecular weight is 236 g/mol. The van der Waals surface area contributed by atoms with Crippen LogP contribution in [0.2, 0.25) is 0 Å². The Balaban J connectivity index is 2.57. The van der Waals surface area contributed by atoms with Gasteiger partial charge >= 0.3 is 5.69 Å². The van der Waals surface area contributed by atoms with Gasteiger partial charge in [-0.3, -0.25) is 14.3 Å². The number of imidazole rings is 1. The molecule has 0 atom stereocenters. The number of nitrogens with zero attached hydrogens (tertiary/aromatic N) is 3.